The molecule has 3 rings (SSSR count). The van der Waals surface area contributed by atoms with Gasteiger partial charge in [0, 0.05) is 21.5 Å². The second-order valence-corrected chi connectivity index (χ2v) is 7.44. The molecule has 2 aromatic carbocycles. The summed E-state index contributed by atoms with van der Waals surface area (Å²) in [7, 11) is 1.33. The van der Waals surface area contributed by atoms with E-state index in [2.05, 4.69) is 5.32 Å². The molecule has 0 atom stereocenters. The number of nitrogens with one attached hydrogen (secondary N) is 1. The van der Waals surface area contributed by atoms with Gasteiger partial charge in [0.25, 0.3) is 5.91 Å². The fourth-order valence-corrected chi connectivity index (χ4v) is 3.92. The molecule has 3 aromatic rings. The van der Waals surface area contributed by atoms with Crippen LogP contribution in [0.2, 0.25) is 5.02 Å². The molecule has 0 radical (unpaired) electrons. The molecule has 1 aromatic heterocycles. The van der Waals surface area contributed by atoms with Crippen LogP contribution in [0.15, 0.2) is 47.8 Å². The number of amides is 1. The first-order valence-electron chi connectivity index (χ1n) is 8.25. The number of hydrogen-bond donors (Lipinski definition) is 1. The van der Waals surface area contributed by atoms with Crippen molar-refractivity contribution < 1.29 is 14.3 Å². The minimum Gasteiger partial charge on any atom is -0.465 e. The van der Waals surface area contributed by atoms with Gasteiger partial charge in [-0.05, 0) is 43.2 Å². The van der Waals surface area contributed by atoms with Gasteiger partial charge in [0.1, 0.15) is 10.6 Å². The first kappa shape index (κ1) is 19.1. The number of carbonyl (C=O) groups is 2. The summed E-state index contributed by atoms with van der Waals surface area (Å²) in [5.41, 5.74) is 4.58. The lowest BCUT2D eigenvalue weighted by molar-refractivity contribution is 0.0603. The van der Waals surface area contributed by atoms with E-state index in [1.54, 1.807) is 24.3 Å². The van der Waals surface area contributed by atoms with E-state index in [-0.39, 0.29) is 5.91 Å². The number of anilines is 1. The lowest BCUT2D eigenvalue weighted by Crippen LogP contribution is -2.14. The predicted molar refractivity (Wildman–Crippen MR) is 110 cm³/mol. The molecule has 0 spiro atoms. The van der Waals surface area contributed by atoms with Crippen molar-refractivity contribution in [3.63, 3.8) is 0 Å². The molecule has 0 saturated carbocycles. The average molecular weight is 400 g/mol. The molecule has 0 aliphatic heterocycles. The van der Waals surface area contributed by atoms with Crippen LogP contribution in [-0.4, -0.2) is 19.0 Å². The van der Waals surface area contributed by atoms with E-state index in [9.17, 15) is 9.59 Å². The van der Waals surface area contributed by atoms with Crippen LogP contribution in [0.4, 0.5) is 5.00 Å². The molecule has 0 unspecified atom stereocenters. The van der Waals surface area contributed by atoms with E-state index in [0.29, 0.717) is 21.2 Å². The van der Waals surface area contributed by atoms with Gasteiger partial charge in [-0.1, -0.05) is 41.4 Å². The number of methoxy groups -OCH3 is 1. The SMILES string of the molecule is COC(=O)c1c(-c2cc(C)ccc2C)csc1NC(=O)c1cccc(Cl)c1. The number of esters is 1. The molecular weight excluding hydrogens is 382 g/mol. The van der Waals surface area contributed by atoms with E-state index in [1.165, 1.54) is 18.4 Å². The number of carbonyl (C=O) groups excluding carboxylic acids is 2. The van der Waals surface area contributed by atoms with Gasteiger partial charge in [-0.2, -0.15) is 0 Å². The van der Waals surface area contributed by atoms with Crippen molar-refractivity contribution in [1.29, 1.82) is 0 Å². The van der Waals surface area contributed by atoms with Gasteiger partial charge in [0.05, 0.1) is 7.11 Å². The molecule has 1 amide bonds. The molecule has 0 aliphatic rings. The Kier molecular flexibility index (Phi) is 5.63. The summed E-state index contributed by atoms with van der Waals surface area (Å²) in [4.78, 5) is 25.1. The van der Waals surface area contributed by atoms with Gasteiger partial charge in [0.2, 0.25) is 0 Å². The maximum absolute atomic E-state index is 12.6. The van der Waals surface area contributed by atoms with Gasteiger partial charge < -0.3 is 10.1 Å². The number of benzene rings is 2. The van der Waals surface area contributed by atoms with Crippen molar-refractivity contribution in [2.45, 2.75) is 13.8 Å². The number of thiophene rings is 1. The number of hydrogen-bond acceptors (Lipinski definition) is 4. The van der Waals surface area contributed by atoms with Crippen LogP contribution >= 0.6 is 22.9 Å². The number of halogens is 1. The van der Waals surface area contributed by atoms with E-state index in [4.69, 9.17) is 16.3 Å². The summed E-state index contributed by atoms with van der Waals surface area (Å²) in [6.07, 6.45) is 0. The molecule has 0 aliphatic carbocycles. The monoisotopic (exact) mass is 399 g/mol. The third kappa shape index (κ3) is 4.04. The van der Waals surface area contributed by atoms with Gasteiger partial charge in [0.15, 0.2) is 0 Å². The van der Waals surface area contributed by atoms with Crippen LogP contribution in [0.5, 0.6) is 0 Å². The minimum atomic E-state index is -0.492. The zero-order chi connectivity index (χ0) is 19.6. The first-order chi connectivity index (χ1) is 12.9. The topological polar surface area (TPSA) is 55.4 Å². The fraction of sp³-hybridized carbons (Fsp3) is 0.143. The van der Waals surface area contributed by atoms with Crippen molar-refractivity contribution in [2.24, 2.45) is 0 Å². The summed E-state index contributed by atoms with van der Waals surface area (Å²) in [6.45, 7) is 3.98. The standard InChI is InChI=1S/C21H18ClNO3S/c1-12-7-8-13(2)16(9-12)17-11-27-20(18(17)21(25)26-3)23-19(24)14-5-4-6-15(22)10-14/h4-11H,1-3H3,(H,23,24). The van der Waals surface area contributed by atoms with Crippen LogP contribution in [-0.2, 0) is 4.74 Å². The van der Waals surface area contributed by atoms with Crippen molar-refractivity contribution in [3.8, 4) is 11.1 Å². The summed E-state index contributed by atoms with van der Waals surface area (Å²) in [6, 6.07) is 12.7. The highest BCUT2D eigenvalue weighted by Gasteiger charge is 2.23. The van der Waals surface area contributed by atoms with Crippen LogP contribution in [0, 0.1) is 13.8 Å². The lowest BCUT2D eigenvalue weighted by Gasteiger charge is -2.10. The molecule has 1 heterocycles. The zero-order valence-electron chi connectivity index (χ0n) is 15.1. The lowest BCUT2D eigenvalue weighted by atomic mass is 9.97. The Morgan fingerprint density at radius 1 is 1.07 bits per heavy atom. The van der Waals surface area contributed by atoms with Gasteiger partial charge in [-0.15, -0.1) is 11.3 Å². The molecule has 0 saturated heterocycles. The highest BCUT2D eigenvalue weighted by molar-refractivity contribution is 7.15. The number of aryl methyl sites for hydroxylation is 2. The molecule has 27 heavy (non-hydrogen) atoms. The van der Waals surface area contributed by atoms with Crippen molar-refractivity contribution >= 4 is 39.8 Å². The second kappa shape index (κ2) is 7.94. The molecule has 0 fully saturated rings. The Balaban J connectivity index is 2.04. The third-order valence-corrected chi connectivity index (χ3v) is 5.31. The van der Waals surface area contributed by atoms with Crippen molar-refractivity contribution in [3.05, 3.63) is 75.1 Å². The summed E-state index contributed by atoms with van der Waals surface area (Å²) < 4.78 is 4.97. The Hall–Kier alpha value is -2.63. The Labute approximate surface area is 166 Å². The Morgan fingerprint density at radius 2 is 1.85 bits per heavy atom. The average Bonchev–Trinajstić information content (AvgIpc) is 3.06. The van der Waals surface area contributed by atoms with Crippen LogP contribution in [0.25, 0.3) is 11.1 Å². The van der Waals surface area contributed by atoms with Crippen LogP contribution in [0.1, 0.15) is 31.8 Å². The summed E-state index contributed by atoms with van der Waals surface area (Å²) in [5, 5.41) is 5.59. The molecular formula is C21H18ClNO3S. The minimum absolute atomic E-state index is 0.336. The van der Waals surface area contributed by atoms with Gasteiger partial charge in [-0.3, -0.25) is 4.79 Å². The first-order valence-corrected chi connectivity index (χ1v) is 9.51. The Morgan fingerprint density at radius 3 is 2.56 bits per heavy atom. The van der Waals surface area contributed by atoms with E-state index in [0.717, 1.165) is 22.3 Å². The van der Waals surface area contributed by atoms with E-state index in [1.807, 2.05) is 37.4 Å². The molecule has 4 nitrogen and oxygen atoms in total. The van der Waals surface area contributed by atoms with Crippen LogP contribution in [0.3, 0.4) is 0 Å². The van der Waals surface area contributed by atoms with E-state index >= 15 is 0 Å². The van der Waals surface area contributed by atoms with E-state index < -0.39 is 5.97 Å². The molecule has 1 N–H and O–H groups in total. The largest absolute Gasteiger partial charge is 0.465 e. The highest BCUT2D eigenvalue weighted by atomic mass is 35.5. The number of rotatable bonds is 4. The maximum atomic E-state index is 12.6. The summed E-state index contributed by atoms with van der Waals surface area (Å²) in [5.74, 6) is -0.828. The zero-order valence-corrected chi connectivity index (χ0v) is 16.7. The maximum Gasteiger partial charge on any atom is 0.341 e. The van der Waals surface area contributed by atoms with Crippen molar-refractivity contribution in [1.82, 2.24) is 0 Å². The quantitative estimate of drug-likeness (QED) is 0.570. The van der Waals surface area contributed by atoms with Gasteiger partial charge >= 0.3 is 5.97 Å². The highest BCUT2D eigenvalue weighted by Crippen LogP contribution is 2.38. The molecule has 6 heteroatoms. The molecule has 138 valence electrons. The predicted octanol–water partition coefficient (Wildman–Crippen LogP) is 5.72. The molecule has 0 bridgehead atoms. The van der Waals surface area contributed by atoms with Gasteiger partial charge in [-0.25, -0.2) is 4.79 Å². The summed E-state index contributed by atoms with van der Waals surface area (Å²) >= 11 is 7.25. The van der Waals surface area contributed by atoms with Crippen molar-refractivity contribution in [2.75, 3.05) is 12.4 Å². The smallest absolute Gasteiger partial charge is 0.341 e. The third-order valence-electron chi connectivity index (χ3n) is 4.18. The fourth-order valence-electron chi connectivity index (χ4n) is 2.78. The number of ether oxygens (including phenoxy) is 1. The van der Waals surface area contributed by atoms with Crippen LogP contribution < -0.4 is 5.32 Å². The normalized spacial score (nSPS) is 10.5. The Bertz CT molecular complexity index is 1030. The second-order valence-electron chi connectivity index (χ2n) is 6.13.